The number of nitrogens with one attached hydrogen (secondary N) is 1. The smallest absolute Gasteiger partial charge is 0.347 e. The van der Waals surface area contributed by atoms with Crippen molar-refractivity contribution in [1.82, 2.24) is 19.0 Å². The first-order valence-electron chi connectivity index (χ1n) is 12.0. The van der Waals surface area contributed by atoms with Gasteiger partial charge in [-0.15, -0.1) is 0 Å². The zero-order chi connectivity index (χ0) is 27.2. The molecule has 1 saturated carbocycles. The van der Waals surface area contributed by atoms with Crippen LogP contribution < -0.4 is 10.3 Å². The fourth-order valence-electron chi connectivity index (χ4n) is 4.32. The lowest BCUT2D eigenvalue weighted by atomic mass is 10.1. The SMILES string of the molecule is CCc1nc2ccc(C3CC3)cn2c1C(=O)NCc1ccc(N2CCN(S(=O)(=O)C(F)(F)F)C=N2)c(F)c1. The summed E-state index contributed by atoms with van der Waals surface area (Å²) in [7, 11) is -5.56. The minimum Gasteiger partial charge on any atom is -0.347 e. The number of anilines is 1. The number of amides is 1. The molecule has 2 aliphatic rings. The number of aromatic nitrogens is 2. The van der Waals surface area contributed by atoms with Crippen molar-refractivity contribution < 1.29 is 30.8 Å². The van der Waals surface area contributed by atoms with Gasteiger partial charge in [0.25, 0.3) is 5.91 Å². The molecule has 1 aromatic carbocycles. The van der Waals surface area contributed by atoms with Crippen molar-refractivity contribution in [3.05, 3.63) is 64.9 Å². The van der Waals surface area contributed by atoms with Crippen molar-refractivity contribution in [3.8, 4) is 0 Å². The van der Waals surface area contributed by atoms with Crippen molar-refractivity contribution in [1.29, 1.82) is 0 Å². The lowest BCUT2D eigenvalue weighted by Gasteiger charge is -2.29. The Balaban J connectivity index is 1.29. The van der Waals surface area contributed by atoms with E-state index >= 15 is 0 Å². The fraction of sp³-hybridized carbons (Fsp3) is 0.375. The van der Waals surface area contributed by atoms with Crippen LogP contribution in [0.1, 0.15) is 53.0 Å². The number of sulfonamides is 1. The molecule has 3 heterocycles. The number of benzene rings is 1. The molecule has 1 amide bonds. The largest absolute Gasteiger partial charge is 0.516 e. The van der Waals surface area contributed by atoms with Crippen LogP contribution in [0.5, 0.6) is 0 Å². The highest BCUT2D eigenvalue weighted by molar-refractivity contribution is 7.90. The molecule has 3 aromatic rings. The van der Waals surface area contributed by atoms with Crippen LogP contribution in [0.3, 0.4) is 0 Å². The summed E-state index contributed by atoms with van der Waals surface area (Å²) in [6.45, 7) is 1.10. The van der Waals surface area contributed by atoms with Crippen LogP contribution in [0.25, 0.3) is 5.65 Å². The summed E-state index contributed by atoms with van der Waals surface area (Å²) < 4.78 is 78.0. The first-order valence-corrected chi connectivity index (χ1v) is 13.4. The van der Waals surface area contributed by atoms with Gasteiger partial charge in [-0.05, 0) is 54.5 Å². The number of hydrogen-bond donors (Lipinski definition) is 1. The van der Waals surface area contributed by atoms with Crippen molar-refractivity contribution >= 4 is 33.6 Å². The second-order valence-electron chi connectivity index (χ2n) is 9.11. The van der Waals surface area contributed by atoms with Gasteiger partial charge in [0, 0.05) is 12.7 Å². The van der Waals surface area contributed by atoms with E-state index in [1.807, 2.05) is 25.3 Å². The number of carbonyl (C=O) groups excluding carboxylic acids is 1. The Labute approximate surface area is 215 Å². The molecule has 0 saturated heterocycles. The molecule has 0 bridgehead atoms. The standard InChI is InChI=1S/C24H24F4N6O3S/c1-2-19-22(33-13-17(16-4-5-16)6-8-21(33)31-19)23(35)29-12-15-3-7-20(18(25)11-15)34-10-9-32(14-30-34)38(36,37)24(26,27)28/h3,6-8,11,13-14,16H,2,4-5,9-10,12H2,1H3,(H,29,35). The Kier molecular flexibility index (Phi) is 6.53. The van der Waals surface area contributed by atoms with Gasteiger partial charge in [0.05, 0.1) is 24.5 Å². The number of halogens is 4. The molecule has 0 atom stereocenters. The van der Waals surface area contributed by atoms with Crippen molar-refractivity contribution in [3.63, 3.8) is 0 Å². The number of rotatable bonds is 7. The van der Waals surface area contributed by atoms with Crippen LogP contribution in [-0.4, -0.2) is 53.0 Å². The van der Waals surface area contributed by atoms with Gasteiger partial charge in [0.2, 0.25) is 0 Å². The normalized spacial score (nSPS) is 16.3. The quantitative estimate of drug-likeness (QED) is 0.450. The monoisotopic (exact) mass is 552 g/mol. The maximum absolute atomic E-state index is 14.9. The summed E-state index contributed by atoms with van der Waals surface area (Å²) in [5.74, 6) is -0.567. The van der Waals surface area contributed by atoms with Crippen LogP contribution in [-0.2, 0) is 23.0 Å². The molecule has 1 N–H and O–H groups in total. The summed E-state index contributed by atoms with van der Waals surface area (Å²) in [6, 6.07) is 8.04. The third-order valence-electron chi connectivity index (χ3n) is 6.51. The highest BCUT2D eigenvalue weighted by atomic mass is 32.2. The Hall–Kier alpha value is -3.68. The molecule has 0 radical (unpaired) electrons. The second kappa shape index (κ2) is 9.57. The summed E-state index contributed by atoms with van der Waals surface area (Å²) in [4.78, 5) is 17.7. The van der Waals surface area contributed by atoms with Crippen molar-refractivity contribution in [2.75, 3.05) is 18.1 Å². The second-order valence-corrected chi connectivity index (χ2v) is 11.0. The first-order chi connectivity index (χ1) is 18.0. The Morgan fingerprint density at radius 2 is 1.92 bits per heavy atom. The summed E-state index contributed by atoms with van der Waals surface area (Å²) in [5.41, 5.74) is -2.13. The minimum atomic E-state index is -5.56. The predicted octanol–water partition coefficient (Wildman–Crippen LogP) is 3.76. The van der Waals surface area contributed by atoms with Gasteiger partial charge in [0.1, 0.15) is 23.5 Å². The van der Waals surface area contributed by atoms with Crippen LogP contribution in [0.15, 0.2) is 41.6 Å². The van der Waals surface area contributed by atoms with Gasteiger partial charge in [0.15, 0.2) is 0 Å². The van der Waals surface area contributed by atoms with Gasteiger partial charge in [-0.3, -0.25) is 14.2 Å². The molecule has 202 valence electrons. The number of alkyl halides is 3. The maximum atomic E-state index is 14.9. The molecule has 2 aromatic heterocycles. The highest BCUT2D eigenvalue weighted by Gasteiger charge is 2.50. The van der Waals surface area contributed by atoms with E-state index in [1.165, 1.54) is 12.1 Å². The van der Waals surface area contributed by atoms with Crippen LogP contribution >= 0.6 is 0 Å². The molecular formula is C24H24F4N6O3S. The summed E-state index contributed by atoms with van der Waals surface area (Å²) >= 11 is 0. The van der Waals surface area contributed by atoms with Crippen LogP contribution in [0.2, 0.25) is 0 Å². The molecule has 38 heavy (non-hydrogen) atoms. The molecule has 1 fully saturated rings. The third-order valence-corrected chi connectivity index (χ3v) is 7.99. The topological polar surface area (TPSA) is 99.4 Å². The number of imidazole rings is 1. The van der Waals surface area contributed by atoms with Gasteiger partial charge in [-0.2, -0.15) is 26.7 Å². The number of fused-ring (bicyclic) bond motifs is 1. The number of aryl methyl sites for hydroxylation is 1. The van der Waals surface area contributed by atoms with E-state index in [0.29, 0.717) is 41.3 Å². The van der Waals surface area contributed by atoms with Crippen molar-refractivity contribution in [2.45, 2.75) is 44.2 Å². The zero-order valence-electron chi connectivity index (χ0n) is 20.2. The Morgan fingerprint density at radius 1 is 1.16 bits per heavy atom. The van der Waals surface area contributed by atoms with Gasteiger partial charge >= 0.3 is 15.5 Å². The molecule has 9 nitrogen and oxygen atoms in total. The van der Waals surface area contributed by atoms with E-state index in [-0.39, 0.29) is 29.0 Å². The third kappa shape index (κ3) is 4.79. The fourth-order valence-corrected chi connectivity index (χ4v) is 5.07. The zero-order valence-corrected chi connectivity index (χ0v) is 21.1. The molecule has 0 spiro atoms. The van der Waals surface area contributed by atoms with Gasteiger partial charge in [-0.25, -0.2) is 13.7 Å². The number of carbonyl (C=O) groups is 1. The highest BCUT2D eigenvalue weighted by Crippen LogP contribution is 2.40. The molecular weight excluding hydrogens is 528 g/mol. The number of hydrogen-bond acceptors (Lipinski definition) is 6. The first kappa shape index (κ1) is 25.9. The Bertz CT molecular complexity index is 1530. The number of nitrogens with zero attached hydrogens (tertiary/aromatic N) is 5. The molecule has 0 unspecified atom stereocenters. The summed E-state index contributed by atoms with van der Waals surface area (Å²) in [5, 5.41) is 7.55. The number of hydrazone groups is 1. The molecule has 1 aliphatic carbocycles. The molecule has 1 aliphatic heterocycles. The van der Waals surface area contributed by atoms with E-state index in [9.17, 15) is 30.8 Å². The van der Waals surface area contributed by atoms with Crippen LogP contribution in [0, 0.1) is 5.82 Å². The minimum absolute atomic E-state index is 0.0234. The lowest BCUT2D eigenvalue weighted by molar-refractivity contribution is -0.0471. The van der Waals surface area contributed by atoms with Gasteiger partial charge < -0.3 is 5.32 Å². The van der Waals surface area contributed by atoms with E-state index < -0.39 is 27.9 Å². The molecule has 5 rings (SSSR count). The van der Waals surface area contributed by atoms with Gasteiger partial charge in [-0.1, -0.05) is 19.1 Å². The maximum Gasteiger partial charge on any atom is 0.516 e. The Morgan fingerprint density at radius 3 is 2.53 bits per heavy atom. The average Bonchev–Trinajstić information content (AvgIpc) is 3.66. The van der Waals surface area contributed by atoms with Crippen LogP contribution in [0.4, 0.5) is 23.2 Å². The average molecular weight is 553 g/mol. The van der Waals surface area contributed by atoms with E-state index in [2.05, 4.69) is 15.4 Å². The predicted molar refractivity (Wildman–Crippen MR) is 132 cm³/mol. The number of pyridine rings is 1. The van der Waals surface area contributed by atoms with E-state index in [0.717, 1.165) is 23.4 Å². The van der Waals surface area contributed by atoms with E-state index in [4.69, 9.17) is 0 Å². The van der Waals surface area contributed by atoms with E-state index in [1.54, 1.807) is 10.5 Å². The summed E-state index contributed by atoms with van der Waals surface area (Å²) in [6.07, 6.45) is 5.26. The molecule has 14 heteroatoms. The lowest BCUT2D eigenvalue weighted by Crippen LogP contribution is -2.46. The van der Waals surface area contributed by atoms with Crippen molar-refractivity contribution in [2.24, 2.45) is 5.10 Å².